The average molecular weight is 491 g/mol. The molecule has 7 nitrogen and oxygen atoms in total. The van der Waals surface area contributed by atoms with Crippen LogP contribution in [0.25, 0.3) is 0 Å². The summed E-state index contributed by atoms with van der Waals surface area (Å²) >= 11 is 5.31. The van der Waals surface area contributed by atoms with Crippen LogP contribution in [0.1, 0.15) is 46.0 Å². The van der Waals surface area contributed by atoms with Crippen molar-refractivity contribution in [1.29, 1.82) is 0 Å². The fraction of sp³-hybridized carbons (Fsp3) is 0.850. The number of carbonyl (C=O) groups is 3. The van der Waals surface area contributed by atoms with Gasteiger partial charge in [-0.1, -0.05) is 35.7 Å². The summed E-state index contributed by atoms with van der Waals surface area (Å²) in [7, 11) is 0. The zero-order valence-electron chi connectivity index (χ0n) is 17.1. The van der Waals surface area contributed by atoms with E-state index in [1.54, 1.807) is 23.6 Å². The van der Waals surface area contributed by atoms with E-state index in [1.807, 2.05) is 0 Å². The number of halogens is 1. The largest absolute Gasteiger partial charge is 0.466 e. The van der Waals surface area contributed by atoms with E-state index < -0.39 is 22.6 Å². The predicted octanol–water partition coefficient (Wildman–Crippen LogP) is 1.70. The Morgan fingerprint density at radius 1 is 1.34 bits per heavy atom. The Morgan fingerprint density at radius 3 is 2.76 bits per heavy atom. The molecule has 0 saturated carbocycles. The van der Waals surface area contributed by atoms with Crippen molar-refractivity contribution in [3.63, 3.8) is 0 Å². The van der Waals surface area contributed by atoms with Crippen molar-refractivity contribution in [2.75, 3.05) is 26.3 Å². The van der Waals surface area contributed by atoms with Crippen molar-refractivity contribution in [3.05, 3.63) is 0 Å². The van der Waals surface area contributed by atoms with Gasteiger partial charge in [-0.05, 0) is 26.2 Å². The van der Waals surface area contributed by atoms with E-state index in [0.29, 0.717) is 25.9 Å². The van der Waals surface area contributed by atoms with E-state index in [4.69, 9.17) is 4.74 Å². The number of fused-ring (bicyclic) bond motifs is 1. The first-order chi connectivity index (χ1) is 13.9. The third-order valence-electron chi connectivity index (χ3n) is 6.23. The Balaban J connectivity index is 1.90. The van der Waals surface area contributed by atoms with Crippen molar-refractivity contribution >= 4 is 45.5 Å². The van der Waals surface area contributed by atoms with Crippen molar-refractivity contribution in [1.82, 2.24) is 10.2 Å². The smallest absolute Gasteiger partial charge is 0.310 e. The maximum absolute atomic E-state index is 13.4. The number of likely N-dealkylation sites (tertiary alicyclic amines) is 1. The van der Waals surface area contributed by atoms with Gasteiger partial charge in [-0.15, -0.1) is 11.8 Å². The molecule has 6 atom stereocenters. The van der Waals surface area contributed by atoms with Crippen LogP contribution in [0.4, 0.5) is 0 Å². The van der Waals surface area contributed by atoms with E-state index >= 15 is 0 Å². The number of alkyl halides is 1. The number of amides is 2. The normalized spacial score (nSPS) is 35.1. The second kappa shape index (κ2) is 9.56. The van der Waals surface area contributed by atoms with Crippen molar-refractivity contribution in [3.8, 4) is 0 Å². The standard InChI is InChI=1S/C20H31BrN2O5S/c1-3-5-6-8-22-17(25)16-20-11-12(21)15(29-20)13(19(27)28-4-2)14(20)18(26)23(16)9-7-10-24/h12-16,24H,3-11H2,1-2H3,(H,22,25)/t12?,13-,14-,15-,16?,20?/m0/s1. The number of rotatable bonds is 10. The monoisotopic (exact) mass is 490 g/mol. The van der Waals surface area contributed by atoms with Gasteiger partial charge in [0.25, 0.3) is 0 Å². The molecule has 3 unspecified atom stereocenters. The molecular formula is C20H31BrN2O5S. The molecule has 9 heteroatoms. The Morgan fingerprint density at radius 2 is 2.10 bits per heavy atom. The van der Waals surface area contributed by atoms with Gasteiger partial charge in [-0.2, -0.15) is 0 Å². The average Bonchev–Trinajstić information content (AvgIpc) is 3.27. The van der Waals surface area contributed by atoms with Gasteiger partial charge >= 0.3 is 5.97 Å². The number of hydrogen-bond donors (Lipinski definition) is 2. The van der Waals surface area contributed by atoms with E-state index in [2.05, 4.69) is 28.2 Å². The Kier molecular flexibility index (Phi) is 7.54. The van der Waals surface area contributed by atoms with Gasteiger partial charge < -0.3 is 20.1 Å². The van der Waals surface area contributed by atoms with Crippen LogP contribution in [0.15, 0.2) is 0 Å². The van der Waals surface area contributed by atoms with Crippen LogP contribution in [-0.2, 0) is 19.1 Å². The summed E-state index contributed by atoms with van der Waals surface area (Å²) in [5, 5.41) is 12.2. The van der Waals surface area contributed by atoms with Crippen LogP contribution in [0.3, 0.4) is 0 Å². The lowest BCUT2D eigenvalue weighted by molar-refractivity contribution is -0.153. The lowest BCUT2D eigenvalue weighted by Gasteiger charge is -2.35. The molecule has 0 radical (unpaired) electrons. The lowest BCUT2D eigenvalue weighted by Crippen LogP contribution is -2.54. The second-order valence-electron chi connectivity index (χ2n) is 8.02. The molecule has 3 saturated heterocycles. The Hall–Kier alpha value is -0.800. The third-order valence-corrected chi connectivity index (χ3v) is 9.45. The van der Waals surface area contributed by atoms with E-state index in [0.717, 1.165) is 19.3 Å². The number of esters is 1. The molecular weight excluding hydrogens is 460 g/mol. The molecule has 3 fully saturated rings. The van der Waals surface area contributed by atoms with Gasteiger partial charge in [-0.3, -0.25) is 14.4 Å². The van der Waals surface area contributed by atoms with Crippen LogP contribution in [-0.4, -0.2) is 75.0 Å². The fourth-order valence-corrected chi connectivity index (χ4v) is 8.70. The summed E-state index contributed by atoms with van der Waals surface area (Å²) in [6.45, 7) is 4.98. The maximum atomic E-state index is 13.4. The SMILES string of the molecule is CCCCCNC(=O)C1N(CCCO)C(=O)[C@@H]2[C@H](C(=O)OCC)[C@H]3SC12CC3Br. The van der Waals surface area contributed by atoms with E-state index in [-0.39, 0.29) is 41.1 Å². The first kappa shape index (κ1) is 22.9. The minimum Gasteiger partial charge on any atom is -0.466 e. The number of nitrogens with one attached hydrogen (secondary N) is 1. The first-order valence-corrected chi connectivity index (χ1v) is 12.4. The van der Waals surface area contributed by atoms with Crippen LogP contribution in [0, 0.1) is 11.8 Å². The summed E-state index contributed by atoms with van der Waals surface area (Å²) < 4.78 is 4.67. The first-order valence-electron chi connectivity index (χ1n) is 10.6. The van der Waals surface area contributed by atoms with Crippen LogP contribution >= 0.6 is 27.7 Å². The molecule has 2 amide bonds. The van der Waals surface area contributed by atoms with Crippen LogP contribution < -0.4 is 5.32 Å². The van der Waals surface area contributed by atoms with Gasteiger partial charge in [0.1, 0.15) is 6.04 Å². The molecule has 1 spiro atoms. The van der Waals surface area contributed by atoms with Crippen molar-refractivity contribution in [2.45, 2.75) is 66.8 Å². The molecule has 3 aliphatic heterocycles. The molecule has 2 N–H and O–H groups in total. The lowest BCUT2D eigenvalue weighted by atomic mass is 9.71. The quantitative estimate of drug-likeness (QED) is 0.275. The highest BCUT2D eigenvalue weighted by Gasteiger charge is 2.75. The summed E-state index contributed by atoms with van der Waals surface area (Å²) in [5.74, 6) is -1.73. The molecule has 29 heavy (non-hydrogen) atoms. The predicted molar refractivity (Wildman–Crippen MR) is 115 cm³/mol. The minimum atomic E-state index is -0.627. The number of ether oxygens (including phenoxy) is 1. The van der Waals surface area contributed by atoms with Gasteiger partial charge in [0, 0.05) is 29.8 Å². The van der Waals surface area contributed by atoms with Gasteiger partial charge in [-0.25, -0.2) is 0 Å². The van der Waals surface area contributed by atoms with Gasteiger partial charge in [0.15, 0.2) is 0 Å². The molecule has 3 heterocycles. The molecule has 0 aromatic rings. The van der Waals surface area contributed by atoms with E-state index in [9.17, 15) is 19.5 Å². The molecule has 0 aromatic heterocycles. The number of carbonyl (C=O) groups excluding carboxylic acids is 3. The van der Waals surface area contributed by atoms with E-state index in [1.165, 1.54) is 0 Å². The minimum absolute atomic E-state index is 0.0512. The number of aliphatic hydroxyl groups excluding tert-OH is 1. The second-order valence-corrected chi connectivity index (χ2v) is 10.7. The van der Waals surface area contributed by atoms with Gasteiger partial charge in [0.05, 0.1) is 23.2 Å². The topological polar surface area (TPSA) is 95.9 Å². The number of hydrogen-bond acceptors (Lipinski definition) is 6. The van der Waals surface area contributed by atoms with Gasteiger partial charge in [0.2, 0.25) is 11.8 Å². The highest BCUT2D eigenvalue weighted by Crippen LogP contribution is 2.67. The summed E-state index contributed by atoms with van der Waals surface area (Å²) in [4.78, 5) is 41.1. The zero-order valence-corrected chi connectivity index (χ0v) is 19.5. The van der Waals surface area contributed by atoms with Crippen LogP contribution in [0.5, 0.6) is 0 Å². The fourth-order valence-electron chi connectivity index (χ4n) is 5.10. The molecule has 164 valence electrons. The summed E-state index contributed by atoms with van der Waals surface area (Å²) in [6.07, 6.45) is 4.08. The molecule has 3 aliphatic rings. The maximum Gasteiger partial charge on any atom is 0.310 e. The van der Waals surface area contributed by atoms with Crippen molar-refractivity contribution in [2.24, 2.45) is 11.8 Å². The molecule has 2 bridgehead atoms. The third kappa shape index (κ3) is 3.94. The summed E-state index contributed by atoms with van der Waals surface area (Å²) in [6, 6.07) is -0.623. The van der Waals surface area contributed by atoms with Crippen molar-refractivity contribution < 1.29 is 24.2 Å². The highest BCUT2D eigenvalue weighted by atomic mass is 79.9. The zero-order chi connectivity index (χ0) is 21.2. The molecule has 0 aromatic carbocycles. The number of aliphatic hydroxyl groups is 1. The molecule has 0 aliphatic carbocycles. The highest BCUT2D eigenvalue weighted by molar-refractivity contribution is 9.09. The Labute approximate surface area is 184 Å². The Bertz CT molecular complexity index is 650. The number of thioether (sulfide) groups is 1. The number of unbranched alkanes of at least 4 members (excludes halogenated alkanes) is 2. The molecule has 3 rings (SSSR count). The number of nitrogens with zero attached hydrogens (tertiary/aromatic N) is 1. The van der Waals surface area contributed by atoms with Crippen LogP contribution in [0.2, 0.25) is 0 Å². The summed E-state index contributed by atoms with van der Waals surface area (Å²) in [5.41, 5.74) is 0.